The summed E-state index contributed by atoms with van der Waals surface area (Å²) in [6, 6.07) is 8.04. The molecule has 1 aromatic carbocycles. The average Bonchev–Trinajstić information content (AvgIpc) is 2.95. The summed E-state index contributed by atoms with van der Waals surface area (Å²) in [6.45, 7) is 4.24. The fourth-order valence-electron chi connectivity index (χ4n) is 2.31. The first-order valence-corrected chi connectivity index (χ1v) is 8.76. The topological polar surface area (TPSA) is 92.5 Å². The molecule has 2 unspecified atom stereocenters. The first kappa shape index (κ1) is 20.9. The molecule has 0 saturated carbocycles. The molecule has 0 radical (unpaired) electrons. The molecule has 0 spiro atoms. The number of benzene rings is 1. The van der Waals surface area contributed by atoms with Crippen LogP contribution in [0.3, 0.4) is 0 Å². The highest BCUT2D eigenvalue weighted by Gasteiger charge is 2.19. The van der Waals surface area contributed by atoms with Crippen molar-refractivity contribution >= 4 is 28.6 Å². The molecule has 25 heavy (non-hydrogen) atoms. The summed E-state index contributed by atoms with van der Waals surface area (Å²) in [4.78, 5) is 11.3. The Morgan fingerprint density at radius 2 is 1.84 bits per heavy atom. The number of thioether (sulfide) groups is 1. The minimum absolute atomic E-state index is 0.118. The molecular formula is C18H27N3O3S. The second kappa shape index (κ2) is 10.0. The van der Waals surface area contributed by atoms with Crippen molar-refractivity contribution in [2.75, 3.05) is 27.2 Å². The van der Waals surface area contributed by atoms with Crippen molar-refractivity contribution in [3.05, 3.63) is 47.1 Å². The molecule has 1 aromatic heterocycles. The smallest absolute Gasteiger partial charge is 0.354 e. The van der Waals surface area contributed by atoms with E-state index in [9.17, 15) is 4.79 Å². The highest BCUT2D eigenvalue weighted by atomic mass is 32.2. The summed E-state index contributed by atoms with van der Waals surface area (Å²) in [6.07, 6.45) is 1.96. The van der Waals surface area contributed by atoms with Gasteiger partial charge in [-0.15, -0.1) is 11.8 Å². The van der Waals surface area contributed by atoms with E-state index in [4.69, 9.17) is 11.6 Å². The highest BCUT2D eigenvalue weighted by Crippen LogP contribution is 2.34. The lowest BCUT2D eigenvalue weighted by Gasteiger charge is -2.17. The van der Waals surface area contributed by atoms with Gasteiger partial charge in [-0.2, -0.15) is 0 Å². The lowest BCUT2D eigenvalue weighted by Crippen LogP contribution is -2.13. The largest absolute Gasteiger partial charge is 0.464 e. The van der Waals surface area contributed by atoms with E-state index in [1.165, 1.54) is 24.4 Å². The molecule has 0 bridgehead atoms. The van der Waals surface area contributed by atoms with Crippen LogP contribution in [-0.4, -0.2) is 37.2 Å². The third kappa shape index (κ3) is 5.44. The predicted molar refractivity (Wildman–Crippen MR) is 105 cm³/mol. The quantitative estimate of drug-likeness (QED) is 0.481. The maximum Gasteiger partial charge on any atom is 0.354 e. The molecule has 2 rings (SSSR count). The zero-order chi connectivity index (χ0) is 19.0. The van der Waals surface area contributed by atoms with Crippen LogP contribution in [0.2, 0.25) is 0 Å². The van der Waals surface area contributed by atoms with Gasteiger partial charge in [0.2, 0.25) is 0 Å². The Morgan fingerprint density at radius 3 is 2.44 bits per heavy atom. The van der Waals surface area contributed by atoms with Gasteiger partial charge in [-0.25, -0.2) is 4.79 Å². The van der Waals surface area contributed by atoms with Gasteiger partial charge in [-0.05, 0) is 17.5 Å². The van der Waals surface area contributed by atoms with Gasteiger partial charge in [0.15, 0.2) is 0 Å². The molecule has 4 N–H and O–H groups in total. The lowest BCUT2D eigenvalue weighted by atomic mass is 9.98. The maximum absolute atomic E-state index is 11.3. The maximum atomic E-state index is 11.3. The van der Waals surface area contributed by atoms with Crippen LogP contribution in [0.25, 0.3) is 10.9 Å². The number of fused-ring (bicyclic) bond motifs is 1. The summed E-state index contributed by atoms with van der Waals surface area (Å²) >= 11 is 1.51. The van der Waals surface area contributed by atoms with Gasteiger partial charge in [0.05, 0.1) is 12.6 Å². The second-order valence-corrected chi connectivity index (χ2v) is 6.86. The second-order valence-electron chi connectivity index (χ2n) is 5.61. The number of nitrogens with two attached hydrogens (primary N) is 2. The fraction of sp³-hybridized carbons (Fsp3) is 0.389. The SMILES string of the molecule is COC.COC(=O)/C(N)=C/SC(C)C(C)c1cn(N)c2ccccc12. The molecule has 0 aliphatic rings. The summed E-state index contributed by atoms with van der Waals surface area (Å²) in [5.41, 5.74) is 7.96. The van der Waals surface area contributed by atoms with Crippen LogP contribution in [-0.2, 0) is 14.3 Å². The number of aromatic nitrogens is 1. The van der Waals surface area contributed by atoms with Crippen LogP contribution in [0, 0.1) is 0 Å². The highest BCUT2D eigenvalue weighted by molar-refractivity contribution is 8.02. The number of nitrogen functional groups attached to an aromatic ring is 1. The number of carbonyl (C=O) groups excluding carboxylic acids is 1. The number of nitrogens with zero attached hydrogens (tertiary/aromatic N) is 1. The minimum atomic E-state index is -0.508. The molecule has 7 heteroatoms. The van der Waals surface area contributed by atoms with Gasteiger partial charge < -0.3 is 21.1 Å². The number of rotatable bonds is 5. The first-order chi connectivity index (χ1) is 11.9. The predicted octanol–water partition coefficient (Wildman–Crippen LogP) is 2.82. The third-order valence-electron chi connectivity index (χ3n) is 3.80. The number of hydrogen-bond acceptors (Lipinski definition) is 6. The first-order valence-electron chi connectivity index (χ1n) is 7.81. The van der Waals surface area contributed by atoms with E-state index in [1.807, 2.05) is 24.4 Å². The molecule has 0 aliphatic carbocycles. The number of methoxy groups -OCH3 is 2. The Labute approximate surface area is 153 Å². The molecule has 138 valence electrons. The molecular weight excluding hydrogens is 338 g/mol. The number of carbonyl (C=O) groups is 1. The Balaban J connectivity index is 0.000000970. The van der Waals surface area contributed by atoms with E-state index in [0.717, 1.165) is 10.9 Å². The summed E-state index contributed by atoms with van der Waals surface area (Å²) < 4.78 is 10.5. The van der Waals surface area contributed by atoms with Crippen LogP contribution in [0.4, 0.5) is 0 Å². The molecule has 0 amide bonds. The van der Waals surface area contributed by atoms with Crippen molar-refractivity contribution in [3.63, 3.8) is 0 Å². The zero-order valence-electron chi connectivity index (χ0n) is 15.4. The van der Waals surface area contributed by atoms with Crippen molar-refractivity contribution in [1.29, 1.82) is 0 Å². The zero-order valence-corrected chi connectivity index (χ0v) is 16.2. The van der Waals surface area contributed by atoms with Crippen molar-refractivity contribution in [2.24, 2.45) is 5.73 Å². The van der Waals surface area contributed by atoms with E-state index in [0.29, 0.717) is 0 Å². The van der Waals surface area contributed by atoms with Gasteiger partial charge in [-0.1, -0.05) is 32.0 Å². The van der Waals surface area contributed by atoms with E-state index in [2.05, 4.69) is 29.4 Å². The van der Waals surface area contributed by atoms with Crippen molar-refractivity contribution in [3.8, 4) is 0 Å². The van der Waals surface area contributed by atoms with Gasteiger partial charge in [-0.3, -0.25) is 4.68 Å². The number of esters is 1. The van der Waals surface area contributed by atoms with E-state index >= 15 is 0 Å². The van der Waals surface area contributed by atoms with Crippen LogP contribution in [0.1, 0.15) is 25.3 Å². The molecule has 0 saturated heterocycles. The summed E-state index contributed by atoms with van der Waals surface area (Å²) in [5.74, 6) is 5.75. The van der Waals surface area contributed by atoms with E-state index in [1.54, 1.807) is 24.3 Å². The molecule has 6 nitrogen and oxygen atoms in total. The van der Waals surface area contributed by atoms with Gasteiger partial charge in [0, 0.05) is 36.5 Å². The summed E-state index contributed by atoms with van der Waals surface area (Å²) in [5, 5.41) is 3.03. The van der Waals surface area contributed by atoms with Crippen molar-refractivity contribution in [1.82, 2.24) is 4.68 Å². The Hall–Kier alpha value is -2.12. The average molecular weight is 365 g/mol. The van der Waals surface area contributed by atoms with Crippen LogP contribution >= 0.6 is 11.8 Å². The molecule has 1 heterocycles. The van der Waals surface area contributed by atoms with Gasteiger partial charge >= 0.3 is 5.97 Å². The van der Waals surface area contributed by atoms with Gasteiger partial charge in [0.25, 0.3) is 0 Å². The summed E-state index contributed by atoms with van der Waals surface area (Å²) in [7, 11) is 4.57. The van der Waals surface area contributed by atoms with Crippen molar-refractivity contribution in [2.45, 2.75) is 25.0 Å². The van der Waals surface area contributed by atoms with Gasteiger partial charge in [0.1, 0.15) is 5.70 Å². The standard InChI is InChI=1S/C16H21N3O2S.C2H6O/c1-10(11(2)22-9-14(17)16(20)21-3)13-8-19(18)15-7-5-4-6-12(13)15;1-3-2/h4-11H,17-18H2,1-3H3;1-2H3/b14-9-;. The van der Waals surface area contributed by atoms with Crippen LogP contribution < -0.4 is 11.6 Å². The van der Waals surface area contributed by atoms with E-state index in [-0.39, 0.29) is 16.9 Å². The normalized spacial score (nSPS) is 13.7. The Morgan fingerprint density at radius 1 is 1.24 bits per heavy atom. The van der Waals surface area contributed by atoms with Crippen molar-refractivity contribution < 1.29 is 14.3 Å². The Kier molecular flexibility index (Phi) is 8.37. The van der Waals surface area contributed by atoms with Crippen LogP contribution in [0.15, 0.2) is 41.6 Å². The molecule has 0 fully saturated rings. The third-order valence-corrected chi connectivity index (χ3v) is 5.02. The molecule has 2 atom stereocenters. The van der Waals surface area contributed by atoms with E-state index < -0.39 is 5.97 Å². The monoisotopic (exact) mass is 365 g/mol. The number of ether oxygens (including phenoxy) is 2. The number of hydrogen-bond donors (Lipinski definition) is 2. The minimum Gasteiger partial charge on any atom is -0.464 e. The molecule has 0 aliphatic heterocycles. The number of para-hydroxylation sites is 1. The molecule has 2 aromatic rings. The Bertz CT molecular complexity index is 727. The lowest BCUT2D eigenvalue weighted by molar-refractivity contribution is -0.136. The fourth-order valence-corrected chi connectivity index (χ4v) is 3.15. The van der Waals surface area contributed by atoms with Crippen LogP contribution in [0.5, 0.6) is 0 Å².